The van der Waals surface area contributed by atoms with Gasteiger partial charge < -0.3 is 4.74 Å². The van der Waals surface area contributed by atoms with Gasteiger partial charge in [-0.1, -0.05) is 30.3 Å². The van der Waals surface area contributed by atoms with Crippen molar-refractivity contribution in [3.05, 3.63) is 64.5 Å². The Hall–Kier alpha value is -2.88. The fourth-order valence-corrected chi connectivity index (χ4v) is 4.91. The number of esters is 1. The van der Waals surface area contributed by atoms with Gasteiger partial charge in [0.15, 0.2) is 12.4 Å². The van der Waals surface area contributed by atoms with E-state index < -0.39 is 29.1 Å². The lowest BCUT2D eigenvalue weighted by molar-refractivity contribution is -0.141. The number of ketones is 2. The Morgan fingerprint density at radius 3 is 2.33 bits per heavy atom. The molecule has 0 unspecified atom stereocenters. The predicted octanol–water partition coefficient (Wildman–Crippen LogP) is 3.12. The summed E-state index contributed by atoms with van der Waals surface area (Å²) in [4.78, 5) is 36.0. The van der Waals surface area contributed by atoms with Gasteiger partial charge in [-0.15, -0.1) is 11.3 Å². The zero-order valence-electron chi connectivity index (χ0n) is 16.3. The smallest absolute Gasteiger partial charge is 0.321 e. The number of ether oxygens (including phenoxy) is 1. The van der Waals surface area contributed by atoms with Gasteiger partial charge in [0.05, 0.1) is 9.77 Å². The van der Waals surface area contributed by atoms with Crippen molar-refractivity contribution in [3.8, 4) is 0 Å². The minimum absolute atomic E-state index is 0.0859. The number of sulfonamides is 1. The van der Waals surface area contributed by atoms with Crippen LogP contribution in [-0.2, 0) is 19.6 Å². The van der Waals surface area contributed by atoms with Crippen molar-refractivity contribution in [2.24, 2.45) is 0 Å². The maximum Gasteiger partial charge on any atom is 0.321 e. The van der Waals surface area contributed by atoms with E-state index in [1.165, 1.54) is 42.5 Å². The van der Waals surface area contributed by atoms with E-state index in [1.807, 2.05) is 31.2 Å². The van der Waals surface area contributed by atoms with Crippen LogP contribution in [0.15, 0.2) is 53.4 Å². The minimum Gasteiger partial charge on any atom is -0.456 e. The number of rotatable bonds is 8. The second-order valence-electron chi connectivity index (χ2n) is 6.54. The number of hydrogen-bond donors (Lipinski definition) is 1. The van der Waals surface area contributed by atoms with Gasteiger partial charge in [-0.05, 0) is 43.0 Å². The highest BCUT2D eigenvalue weighted by Crippen LogP contribution is 2.30. The quantitative estimate of drug-likeness (QED) is 0.422. The van der Waals surface area contributed by atoms with E-state index in [0.717, 1.165) is 15.6 Å². The average molecular weight is 446 g/mol. The molecule has 1 N–H and O–H groups in total. The molecule has 3 rings (SSSR count). The van der Waals surface area contributed by atoms with Crippen molar-refractivity contribution in [1.29, 1.82) is 0 Å². The third-order valence-corrected chi connectivity index (χ3v) is 7.17. The van der Waals surface area contributed by atoms with E-state index in [4.69, 9.17) is 4.74 Å². The third-order valence-electron chi connectivity index (χ3n) is 4.44. The Bertz CT molecular complexity index is 1230. The molecule has 2 aromatic carbocycles. The van der Waals surface area contributed by atoms with Crippen LogP contribution in [0.25, 0.3) is 10.1 Å². The summed E-state index contributed by atoms with van der Waals surface area (Å²) in [6.45, 7) is 2.12. The Morgan fingerprint density at radius 2 is 1.70 bits per heavy atom. The largest absolute Gasteiger partial charge is 0.456 e. The summed E-state index contributed by atoms with van der Waals surface area (Å²) >= 11 is 1.33. The van der Waals surface area contributed by atoms with Crippen LogP contribution in [-0.4, -0.2) is 39.1 Å². The number of thiophene rings is 1. The molecular weight excluding hydrogens is 426 g/mol. The van der Waals surface area contributed by atoms with E-state index in [1.54, 1.807) is 0 Å². The van der Waals surface area contributed by atoms with Crippen molar-refractivity contribution in [1.82, 2.24) is 4.72 Å². The van der Waals surface area contributed by atoms with Gasteiger partial charge in [0.2, 0.25) is 15.8 Å². The average Bonchev–Trinajstić information content (AvgIpc) is 3.07. The number of fused-ring (bicyclic) bond motifs is 1. The van der Waals surface area contributed by atoms with Gasteiger partial charge in [-0.25, -0.2) is 8.42 Å². The highest BCUT2D eigenvalue weighted by Gasteiger charge is 2.19. The second kappa shape index (κ2) is 8.86. The van der Waals surface area contributed by atoms with Crippen LogP contribution in [0.3, 0.4) is 0 Å². The van der Waals surface area contributed by atoms with Crippen molar-refractivity contribution < 1.29 is 27.5 Å². The van der Waals surface area contributed by atoms with Crippen LogP contribution in [0, 0.1) is 6.92 Å². The van der Waals surface area contributed by atoms with Gasteiger partial charge in [-0.2, -0.15) is 4.72 Å². The molecule has 0 spiro atoms. The first-order chi connectivity index (χ1) is 14.2. The summed E-state index contributed by atoms with van der Waals surface area (Å²) in [6, 6.07) is 12.9. The molecule has 0 bridgehead atoms. The number of aryl methyl sites for hydroxylation is 1. The minimum atomic E-state index is -3.96. The highest BCUT2D eigenvalue weighted by molar-refractivity contribution is 7.89. The van der Waals surface area contributed by atoms with Crippen LogP contribution < -0.4 is 4.72 Å². The topological polar surface area (TPSA) is 107 Å². The number of nitrogens with one attached hydrogen (secondary N) is 1. The number of Topliss-reactive ketones (excluding diaryl/α,β-unsaturated/α-hetero) is 2. The number of carbonyl (C=O) groups is 3. The third kappa shape index (κ3) is 4.81. The fourth-order valence-electron chi connectivity index (χ4n) is 2.81. The molecule has 1 heterocycles. The summed E-state index contributed by atoms with van der Waals surface area (Å²) in [5, 5.41) is 0.973. The summed E-state index contributed by atoms with van der Waals surface area (Å²) in [5.41, 5.74) is 1.20. The van der Waals surface area contributed by atoms with Crippen molar-refractivity contribution in [2.45, 2.75) is 18.7 Å². The van der Waals surface area contributed by atoms with Crippen LogP contribution in [0.5, 0.6) is 0 Å². The maximum atomic E-state index is 12.4. The summed E-state index contributed by atoms with van der Waals surface area (Å²) in [5.74, 6) is -1.40. The molecule has 0 saturated heterocycles. The number of carbonyl (C=O) groups excluding carboxylic acids is 3. The molecule has 0 aliphatic heterocycles. The number of benzene rings is 2. The van der Waals surface area contributed by atoms with E-state index in [9.17, 15) is 22.8 Å². The Kier molecular flexibility index (Phi) is 6.45. The Labute approximate surface area is 177 Å². The van der Waals surface area contributed by atoms with Gasteiger partial charge in [0.1, 0.15) is 6.54 Å². The second-order valence-corrected chi connectivity index (χ2v) is 9.36. The van der Waals surface area contributed by atoms with E-state index in [0.29, 0.717) is 10.4 Å². The predicted molar refractivity (Wildman–Crippen MR) is 113 cm³/mol. The molecule has 0 amide bonds. The Balaban J connectivity index is 1.56. The normalized spacial score (nSPS) is 11.4. The van der Waals surface area contributed by atoms with E-state index in [-0.39, 0.29) is 16.5 Å². The van der Waals surface area contributed by atoms with E-state index in [2.05, 4.69) is 4.72 Å². The molecule has 0 radical (unpaired) electrons. The first-order valence-electron chi connectivity index (χ1n) is 8.96. The molecule has 30 heavy (non-hydrogen) atoms. The van der Waals surface area contributed by atoms with Crippen LogP contribution in [0.1, 0.15) is 32.5 Å². The monoisotopic (exact) mass is 445 g/mol. The van der Waals surface area contributed by atoms with Gasteiger partial charge in [-0.3, -0.25) is 14.4 Å². The number of hydrogen-bond acceptors (Lipinski definition) is 7. The first kappa shape index (κ1) is 21.8. The standard InChI is InChI=1S/C21H19NO6S2/c1-13-17-5-3-4-6-19(17)29-21(13)18(24)12-28-20(25)11-22-30(26,27)16-9-7-15(8-10-16)14(2)23/h3-10,22H,11-12H2,1-2H3. The molecule has 0 aliphatic carbocycles. The lowest BCUT2D eigenvalue weighted by Gasteiger charge is -2.07. The molecule has 3 aromatic rings. The first-order valence-corrected chi connectivity index (χ1v) is 11.3. The molecule has 9 heteroatoms. The SMILES string of the molecule is CC(=O)c1ccc(S(=O)(=O)NCC(=O)OCC(=O)c2sc3ccccc3c2C)cc1. The van der Waals surface area contributed by atoms with Crippen LogP contribution in [0.2, 0.25) is 0 Å². The van der Waals surface area contributed by atoms with Gasteiger partial charge in [0, 0.05) is 10.3 Å². The molecular formula is C21H19NO6S2. The molecule has 1 aromatic heterocycles. The fraction of sp³-hybridized carbons (Fsp3) is 0.190. The molecule has 0 atom stereocenters. The molecule has 0 fully saturated rings. The van der Waals surface area contributed by atoms with Crippen LogP contribution in [0.4, 0.5) is 0 Å². The molecule has 0 aliphatic rings. The summed E-state index contributed by atoms with van der Waals surface area (Å²) in [6.07, 6.45) is 0. The lowest BCUT2D eigenvalue weighted by atomic mass is 10.1. The Morgan fingerprint density at radius 1 is 1.03 bits per heavy atom. The van der Waals surface area contributed by atoms with Gasteiger partial charge >= 0.3 is 5.97 Å². The summed E-state index contributed by atoms with van der Waals surface area (Å²) < 4.78 is 32.5. The van der Waals surface area contributed by atoms with Crippen LogP contribution >= 0.6 is 11.3 Å². The maximum absolute atomic E-state index is 12.4. The van der Waals surface area contributed by atoms with Crippen molar-refractivity contribution >= 4 is 49.0 Å². The van der Waals surface area contributed by atoms with Gasteiger partial charge in [0.25, 0.3) is 0 Å². The zero-order valence-corrected chi connectivity index (χ0v) is 17.9. The zero-order chi connectivity index (χ0) is 21.9. The lowest BCUT2D eigenvalue weighted by Crippen LogP contribution is -2.31. The highest BCUT2D eigenvalue weighted by atomic mass is 32.2. The van der Waals surface area contributed by atoms with E-state index >= 15 is 0 Å². The van der Waals surface area contributed by atoms with Crippen molar-refractivity contribution in [3.63, 3.8) is 0 Å². The molecule has 0 saturated carbocycles. The molecule has 7 nitrogen and oxygen atoms in total. The summed E-state index contributed by atoms with van der Waals surface area (Å²) in [7, 11) is -3.96. The van der Waals surface area contributed by atoms with Crippen molar-refractivity contribution in [2.75, 3.05) is 13.2 Å². The molecule has 156 valence electrons.